The molecule has 0 aromatic carbocycles. The summed E-state index contributed by atoms with van der Waals surface area (Å²) < 4.78 is 5.41. The van der Waals surface area contributed by atoms with Gasteiger partial charge >= 0.3 is 5.97 Å². The zero-order chi connectivity index (χ0) is 11.8. The fourth-order valence-corrected chi connectivity index (χ4v) is 3.54. The van der Waals surface area contributed by atoms with Gasteiger partial charge < -0.3 is 9.84 Å². The number of hydrogen-bond acceptors (Lipinski definition) is 3. The molecule has 0 saturated heterocycles. The lowest BCUT2D eigenvalue weighted by Crippen LogP contribution is -2.51. The lowest BCUT2D eigenvalue weighted by Gasteiger charge is -2.49. The maximum atomic E-state index is 11.3. The summed E-state index contributed by atoms with van der Waals surface area (Å²) in [4.78, 5) is 11.3. The number of esters is 1. The largest absolute Gasteiger partial charge is 0.456 e. The molecule has 0 aromatic heterocycles. The van der Waals surface area contributed by atoms with Crippen LogP contribution in [-0.4, -0.2) is 22.3 Å². The Morgan fingerprint density at radius 2 is 2.31 bits per heavy atom. The molecule has 16 heavy (non-hydrogen) atoms. The molecule has 0 heterocycles. The number of fused-ring (bicyclic) bond motifs is 2. The maximum absolute atomic E-state index is 11.3. The fraction of sp³-hybridized carbons (Fsp3) is 0.769. The topological polar surface area (TPSA) is 46.5 Å². The zero-order valence-corrected chi connectivity index (χ0v) is 9.87. The molecule has 2 aliphatic carbocycles. The lowest BCUT2D eigenvalue weighted by molar-refractivity contribution is -0.176. The number of carbonyl (C=O) groups excluding carboxylic acids is 1. The normalized spacial score (nSPS) is 42.5. The molecular weight excluding hydrogens is 204 g/mol. The molecule has 0 aromatic rings. The van der Waals surface area contributed by atoms with Gasteiger partial charge in [-0.1, -0.05) is 19.4 Å². The van der Waals surface area contributed by atoms with Crippen LogP contribution in [0.5, 0.6) is 0 Å². The summed E-state index contributed by atoms with van der Waals surface area (Å²) in [5.41, 5.74) is -1.12. The standard InChI is InChI=1S/C13H20O3/c1-3-11(14)16-12(2)7-10-5-4-6-13(15,8-10)9-12/h3,10,15H,1,4-9H2,2H3. The third-order valence-electron chi connectivity index (χ3n) is 3.86. The zero-order valence-electron chi connectivity index (χ0n) is 9.87. The van der Waals surface area contributed by atoms with E-state index in [9.17, 15) is 9.90 Å². The Labute approximate surface area is 96.5 Å². The second kappa shape index (κ2) is 3.88. The predicted molar refractivity (Wildman–Crippen MR) is 60.8 cm³/mol. The summed E-state index contributed by atoms with van der Waals surface area (Å²) in [5.74, 6) is 0.112. The van der Waals surface area contributed by atoms with E-state index in [1.165, 1.54) is 6.08 Å². The Hall–Kier alpha value is -0.830. The van der Waals surface area contributed by atoms with Crippen molar-refractivity contribution in [3.05, 3.63) is 12.7 Å². The van der Waals surface area contributed by atoms with Gasteiger partial charge in [0.15, 0.2) is 0 Å². The van der Waals surface area contributed by atoms with Gasteiger partial charge in [-0.05, 0) is 32.1 Å². The lowest BCUT2D eigenvalue weighted by atomic mass is 9.64. The highest BCUT2D eigenvalue weighted by Crippen LogP contribution is 2.48. The van der Waals surface area contributed by atoms with Crippen molar-refractivity contribution in [1.29, 1.82) is 0 Å². The molecule has 2 rings (SSSR count). The van der Waals surface area contributed by atoms with Crippen molar-refractivity contribution < 1.29 is 14.6 Å². The van der Waals surface area contributed by atoms with Gasteiger partial charge in [0.1, 0.15) is 5.60 Å². The summed E-state index contributed by atoms with van der Waals surface area (Å²) >= 11 is 0. The maximum Gasteiger partial charge on any atom is 0.330 e. The van der Waals surface area contributed by atoms with Crippen LogP contribution in [-0.2, 0) is 9.53 Å². The minimum absolute atomic E-state index is 0.383. The number of ether oxygens (including phenoxy) is 1. The highest BCUT2D eigenvalue weighted by molar-refractivity contribution is 5.81. The minimum Gasteiger partial charge on any atom is -0.456 e. The van der Waals surface area contributed by atoms with Gasteiger partial charge in [0.25, 0.3) is 0 Å². The molecule has 3 unspecified atom stereocenters. The second-order valence-corrected chi connectivity index (χ2v) is 5.64. The Morgan fingerprint density at radius 1 is 1.56 bits per heavy atom. The van der Waals surface area contributed by atoms with Crippen molar-refractivity contribution in [2.24, 2.45) is 5.92 Å². The molecule has 0 radical (unpaired) electrons. The van der Waals surface area contributed by atoms with E-state index < -0.39 is 11.2 Å². The molecule has 0 aliphatic heterocycles. The van der Waals surface area contributed by atoms with Crippen molar-refractivity contribution >= 4 is 5.97 Å². The quantitative estimate of drug-likeness (QED) is 0.577. The van der Waals surface area contributed by atoms with Crippen molar-refractivity contribution in [1.82, 2.24) is 0 Å². The summed E-state index contributed by atoms with van der Waals surface area (Å²) in [6, 6.07) is 0. The molecule has 90 valence electrons. The van der Waals surface area contributed by atoms with Crippen molar-refractivity contribution in [3.8, 4) is 0 Å². The van der Waals surface area contributed by atoms with Crippen LogP contribution in [0, 0.1) is 5.92 Å². The van der Waals surface area contributed by atoms with Crippen LogP contribution in [0.4, 0.5) is 0 Å². The molecule has 2 fully saturated rings. The summed E-state index contributed by atoms with van der Waals surface area (Å²) in [7, 11) is 0. The summed E-state index contributed by atoms with van der Waals surface area (Å²) in [6.07, 6.45) is 6.57. The smallest absolute Gasteiger partial charge is 0.330 e. The SMILES string of the molecule is C=CC(=O)OC1(C)CC2CCCC(O)(C2)C1. The summed E-state index contributed by atoms with van der Waals surface area (Å²) in [5, 5.41) is 10.4. The van der Waals surface area contributed by atoms with E-state index in [0.717, 1.165) is 32.1 Å². The molecule has 2 bridgehead atoms. The number of aliphatic hydroxyl groups is 1. The molecule has 1 N–H and O–H groups in total. The monoisotopic (exact) mass is 224 g/mol. The first kappa shape index (κ1) is 11.6. The highest BCUT2D eigenvalue weighted by Gasteiger charge is 2.48. The first-order valence-corrected chi connectivity index (χ1v) is 6.03. The second-order valence-electron chi connectivity index (χ2n) is 5.64. The van der Waals surface area contributed by atoms with Crippen LogP contribution in [0.1, 0.15) is 45.4 Å². The van der Waals surface area contributed by atoms with Crippen LogP contribution in [0.15, 0.2) is 12.7 Å². The van der Waals surface area contributed by atoms with Crippen molar-refractivity contribution in [2.45, 2.75) is 56.7 Å². The molecule has 2 aliphatic rings. The Bertz CT molecular complexity index is 312. The third-order valence-corrected chi connectivity index (χ3v) is 3.86. The number of hydrogen-bond donors (Lipinski definition) is 1. The van der Waals surface area contributed by atoms with Gasteiger partial charge in [0.05, 0.1) is 5.60 Å². The average molecular weight is 224 g/mol. The predicted octanol–water partition coefficient (Wildman–Crippen LogP) is 2.19. The Kier molecular flexibility index (Phi) is 2.82. The van der Waals surface area contributed by atoms with Crippen molar-refractivity contribution in [3.63, 3.8) is 0 Å². The van der Waals surface area contributed by atoms with Crippen LogP contribution >= 0.6 is 0 Å². The number of carbonyl (C=O) groups is 1. The van der Waals surface area contributed by atoms with E-state index >= 15 is 0 Å². The molecule has 3 atom stereocenters. The van der Waals surface area contributed by atoms with Crippen LogP contribution in [0.3, 0.4) is 0 Å². The molecule has 0 amide bonds. The van der Waals surface area contributed by atoms with Gasteiger partial charge in [-0.15, -0.1) is 0 Å². The molecule has 3 heteroatoms. The minimum atomic E-state index is -0.614. The van der Waals surface area contributed by atoms with Gasteiger partial charge in [-0.2, -0.15) is 0 Å². The Morgan fingerprint density at radius 3 is 2.94 bits per heavy atom. The fourth-order valence-electron chi connectivity index (χ4n) is 3.54. The molecule has 2 saturated carbocycles. The van der Waals surface area contributed by atoms with Crippen molar-refractivity contribution in [2.75, 3.05) is 0 Å². The Balaban J connectivity index is 2.11. The van der Waals surface area contributed by atoms with Crippen LogP contribution < -0.4 is 0 Å². The third kappa shape index (κ3) is 2.29. The van der Waals surface area contributed by atoms with E-state index in [2.05, 4.69) is 6.58 Å². The van der Waals surface area contributed by atoms with Gasteiger partial charge in [-0.25, -0.2) is 4.79 Å². The molecular formula is C13H20O3. The van der Waals surface area contributed by atoms with E-state index in [4.69, 9.17) is 4.74 Å². The van der Waals surface area contributed by atoms with Crippen LogP contribution in [0.25, 0.3) is 0 Å². The van der Waals surface area contributed by atoms with E-state index in [1.54, 1.807) is 0 Å². The van der Waals surface area contributed by atoms with Gasteiger partial charge in [-0.3, -0.25) is 0 Å². The first-order chi connectivity index (χ1) is 7.45. The number of rotatable bonds is 2. The summed E-state index contributed by atoms with van der Waals surface area (Å²) in [6.45, 7) is 5.34. The van der Waals surface area contributed by atoms with E-state index in [1.807, 2.05) is 6.92 Å². The average Bonchev–Trinajstić information content (AvgIpc) is 2.14. The van der Waals surface area contributed by atoms with Crippen LogP contribution in [0.2, 0.25) is 0 Å². The van der Waals surface area contributed by atoms with E-state index in [-0.39, 0.29) is 5.97 Å². The van der Waals surface area contributed by atoms with E-state index in [0.29, 0.717) is 12.3 Å². The van der Waals surface area contributed by atoms with Gasteiger partial charge in [0.2, 0.25) is 0 Å². The first-order valence-electron chi connectivity index (χ1n) is 6.03. The van der Waals surface area contributed by atoms with Gasteiger partial charge in [0, 0.05) is 12.5 Å². The molecule has 3 nitrogen and oxygen atoms in total. The molecule has 0 spiro atoms. The highest BCUT2D eigenvalue weighted by atomic mass is 16.6.